The molecule has 7 heteroatoms. The lowest BCUT2D eigenvalue weighted by Crippen LogP contribution is -2.29. The minimum atomic E-state index is -0.565. The average molecular weight is 404 g/mol. The van der Waals surface area contributed by atoms with Crippen LogP contribution in [0.1, 0.15) is 21.5 Å². The van der Waals surface area contributed by atoms with Crippen molar-refractivity contribution in [2.45, 2.75) is 13.0 Å². The van der Waals surface area contributed by atoms with E-state index in [1.807, 2.05) is 54.6 Å². The molecule has 30 heavy (non-hydrogen) atoms. The number of carbonyl (C=O) groups is 1. The minimum absolute atomic E-state index is 0.0272. The van der Waals surface area contributed by atoms with Crippen LogP contribution in [-0.4, -0.2) is 24.5 Å². The summed E-state index contributed by atoms with van der Waals surface area (Å²) in [4.78, 5) is 26.0. The van der Waals surface area contributed by atoms with Crippen LogP contribution in [0.15, 0.2) is 66.7 Å². The van der Waals surface area contributed by atoms with E-state index in [0.717, 1.165) is 16.8 Å². The summed E-state index contributed by atoms with van der Waals surface area (Å²) in [5.41, 5.74) is 2.40. The Bertz CT molecular complexity index is 1100. The van der Waals surface area contributed by atoms with Crippen LogP contribution >= 0.6 is 0 Å². The molecule has 0 aromatic heterocycles. The maximum atomic E-state index is 13.2. The van der Waals surface area contributed by atoms with E-state index < -0.39 is 10.8 Å². The van der Waals surface area contributed by atoms with Crippen LogP contribution in [0, 0.1) is 10.1 Å². The summed E-state index contributed by atoms with van der Waals surface area (Å²) >= 11 is 0. The zero-order valence-electron chi connectivity index (χ0n) is 16.4. The molecule has 0 N–H and O–H groups in total. The van der Waals surface area contributed by atoms with Crippen LogP contribution < -0.4 is 14.4 Å². The molecule has 3 aromatic rings. The summed E-state index contributed by atoms with van der Waals surface area (Å²) in [6, 6.07) is 19.7. The number of nitro benzene ring substituents is 1. The Morgan fingerprint density at radius 2 is 1.80 bits per heavy atom. The second-order valence-corrected chi connectivity index (χ2v) is 6.89. The number of amides is 1. The molecule has 1 amide bonds. The fourth-order valence-corrected chi connectivity index (χ4v) is 3.57. The van der Waals surface area contributed by atoms with Crippen LogP contribution in [0.2, 0.25) is 0 Å². The number of hydrogen-bond donors (Lipinski definition) is 0. The Balaban J connectivity index is 1.68. The third kappa shape index (κ3) is 3.69. The number of rotatable bonds is 6. The van der Waals surface area contributed by atoms with Gasteiger partial charge in [0.1, 0.15) is 12.2 Å². The third-order valence-electron chi connectivity index (χ3n) is 5.08. The Morgan fingerprint density at radius 1 is 1.07 bits per heavy atom. The van der Waals surface area contributed by atoms with Gasteiger partial charge in [-0.2, -0.15) is 0 Å². The van der Waals surface area contributed by atoms with Crippen molar-refractivity contribution in [3.05, 3.63) is 93.5 Å². The molecule has 0 spiro atoms. The van der Waals surface area contributed by atoms with Crippen molar-refractivity contribution < 1.29 is 19.2 Å². The first-order chi connectivity index (χ1) is 14.6. The third-order valence-corrected chi connectivity index (χ3v) is 5.08. The van der Waals surface area contributed by atoms with E-state index in [1.165, 1.54) is 19.2 Å². The van der Waals surface area contributed by atoms with Gasteiger partial charge in [-0.1, -0.05) is 48.5 Å². The van der Waals surface area contributed by atoms with Crippen molar-refractivity contribution in [1.29, 1.82) is 0 Å². The van der Waals surface area contributed by atoms with E-state index in [-0.39, 0.29) is 29.4 Å². The normalized spacial score (nSPS) is 12.4. The van der Waals surface area contributed by atoms with Crippen molar-refractivity contribution in [2.75, 3.05) is 18.6 Å². The predicted molar refractivity (Wildman–Crippen MR) is 112 cm³/mol. The summed E-state index contributed by atoms with van der Waals surface area (Å²) < 4.78 is 11.1. The highest BCUT2D eigenvalue weighted by Gasteiger charge is 2.31. The first-order valence-electron chi connectivity index (χ1n) is 9.51. The molecule has 0 radical (unpaired) electrons. The number of hydrogen-bond acceptors (Lipinski definition) is 5. The van der Waals surface area contributed by atoms with Gasteiger partial charge in [0.2, 0.25) is 0 Å². The quantitative estimate of drug-likeness (QED) is 0.450. The monoisotopic (exact) mass is 404 g/mol. The van der Waals surface area contributed by atoms with E-state index in [4.69, 9.17) is 9.47 Å². The molecule has 152 valence electrons. The van der Waals surface area contributed by atoms with Gasteiger partial charge in [-0.3, -0.25) is 14.9 Å². The number of para-hydroxylation sites is 1. The van der Waals surface area contributed by atoms with Crippen LogP contribution in [0.25, 0.3) is 0 Å². The van der Waals surface area contributed by atoms with E-state index in [9.17, 15) is 14.9 Å². The summed E-state index contributed by atoms with van der Waals surface area (Å²) in [5.74, 6) is 0.0540. The number of carbonyl (C=O) groups excluding carboxylic acids is 1. The molecule has 0 bridgehead atoms. The van der Waals surface area contributed by atoms with Crippen LogP contribution in [0.4, 0.5) is 11.4 Å². The highest BCUT2D eigenvalue weighted by molar-refractivity contribution is 6.10. The first kappa shape index (κ1) is 19.4. The SMILES string of the molecule is COc1cc(C(=O)N2CCc3ccccc32)c([N+](=O)[O-])cc1OCc1ccccc1. The molecule has 0 aliphatic carbocycles. The van der Waals surface area contributed by atoms with Crippen LogP contribution in [-0.2, 0) is 13.0 Å². The molecule has 0 fully saturated rings. The maximum absolute atomic E-state index is 13.2. The molecule has 1 aliphatic heterocycles. The predicted octanol–water partition coefficient (Wildman–Crippen LogP) is 4.39. The second kappa shape index (κ2) is 8.24. The fourth-order valence-electron chi connectivity index (χ4n) is 3.57. The van der Waals surface area contributed by atoms with Crippen molar-refractivity contribution in [3.63, 3.8) is 0 Å². The van der Waals surface area contributed by atoms with Gasteiger partial charge in [0.15, 0.2) is 11.5 Å². The van der Waals surface area contributed by atoms with Gasteiger partial charge in [-0.25, -0.2) is 0 Å². The lowest BCUT2D eigenvalue weighted by molar-refractivity contribution is -0.385. The number of nitrogens with zero attached hydrogens (tertiary/aromatic N) is 2. The van der Waals surface area contributed by atoms with Crippen LogP contribution in [0.5, 0.6) is 11.5 Å². The maximum Gasteiger partial charge on any atom is 0.286 e. The van der Waals surface area contributed by atoms with Crippen molar-refractivity contribution in [2.24, 2.45) is 0 Å². The first-order valence-corrected chi connectivity index (χ1v) is 9.51. The molecule has 0 atom stereocenters. The fraction of sp³-hybridized carbons (Fsp3) is 0.174. The number of nitro groups is 1. The van der Waals surface area contributed by atoms with Gasteiger partial charge >= 0.3 is 0 Å². The van der Waals surface area contributed by atoms with E-state index in [1.54, 1.807) is 4.90 Å². The minimum Gasteiger partial charge on any atom is -0.493 e. The lowest BCUT2D eigenvalue weighted by Gasteiger charge is -2.18. The summed E-state index contributed by atoms with van der Waals surface area (Å²) in [6.07, 6.45) is 0.713. The smallest absolute Gasteiger partial charge is 0.286 e. The Labute approximate surface area is 173 Å². The molecule has 1 aliphatic rings. The summed E-state index contributed by atoms with van der Waals surface area (Å²) in [7, 11) is 1.44. The Morgan fingerprint density at radius 3 is 2.53 bits per heavy atom. The number of methoxy groups -OCH3 is 1. The number of benzene rings is 3. The van der Waals surface area contributed by atoms with Gasteiger partial charge in [0.05, 0.1) is 18.1 Å². The van der Waals surface area contributed by atoms with Gasteiger partial charge in [0, 0.05) is 18.3 Å². The molecule has 0 unspecified atom stereocenters. The number of ether oxygens (including phenoxy) is 2. The van der Waals surface area contributed by atoms with Crippen molar-refractivity contribution in [1.82, 2.24) is 0 Å². The highest BCUT2D eigenvalue weighted by Crippen LogP contribution is 2.37. The second-order valence-electron chi connectivity index (χ2n) is 6.89. The zero-order valence-corrected chi connectivity index (χ0v) is 16.4. The molecule has 3 aromatic carbocycles. The largest absolute Gasteiger partial charge is 0.493 e. The number of fused-ring (bicyclic) bond motifs is 1. The van der Waals surface area contributed by atoms with Gasteiger partial charge in [-0.15, -0.1) is 0 Å². The van der Waals surface area contributed by atoms with E-state index >= 15 is 0 Å². The zero-order chi connectivity index (χ0) is 21.1. The molecule has 7 nitrogen and oxygen atoms in total. The standard InChI is InChI=1S/C23H20N2O5/c1-29-21-13-18(23(26)24-12-11-17-9-5-6-10-19(17)24)20(25(27)28)14-22(21)30-15-16-7-3-2-4-8-16/h2-10,13-14H,11-12,15H2,1H3. The van der Waals surface area contributed by atoms with Gasteiger partial charge < -0.3 is 14.4 Å². The molecule has 0 saturated heterocycles. The number of anilines is 1. The van der Waals surface area contributed by atoms with E-state index in [0.29, 0.717) is 13.0 Å². The van der Waals surface area contributed by atoms with Crippen molar-refractivity contribution >= 4 is 17.3 Å². The Hall–Kier alpha value is -3.87. The molecule has 4 rings (SSSR count). The highest BCUT2D eigenvalue weighted by atomic mass is 16.6. The summed E-state index contributed by atoms with van der Waals surface area (Å²) in [5, 5.41) is 11.8. The Kier molecular flexibility index (Phi) is 5.34. The molecule has 1 heterocycles. The van der Waals surface area contributed by atoms with Gasteiger partial charge in [0.25, 0.3) is 11.6 Å². The topological polar surface area (TPSA) is 81.9 Å². The lowest BCUT2D eigenvalue weighted by atomic mass is 10.1. The average Bonchev–Trinajstić information content (AvgIpc) is 3.21. The van der Waals surface area contributed by atoms with Gasteiger partial charge in [-0.05, 0) is 23.6 Å². The molecular weight excluding hydrogens is 384 g/mol. The van der Waals surface area contributed by atoms with E-state index in [2.05, 4.69) is 0 Å². The molecular formula is C23H20N2O5. The van der Waals surface area contributed by atoms with Crippen LogP contribution in [0.3, 0.4) is 0 Å². The summed E-state index contributed by atoms with van der Waals surface area (Å²) in [6.45, 7) is 0.699. The van der Waals surface area contributed by atoms with Crippen molar-refractivity contribution in [3.8, 4) is 11.5 Å². The molecule has 0 saturated carbocycles.